The number of rotatable bonds is 4. The fourth-order valence-corrected chi connectivity index (χ4v) is 4.43. The molecule has 22 heavy (non-hydrogen) atoms. The van der Waals surface area contributed by atoms with Gasteiger partial charge >= 0.3 is 0 Å². The predicted octanol–water partition coefficient (Wildman–Crippen LogP) is 3.43. The quantitative estimate of drug-likeness (QED) is 0.937. The van der Waals surface area contributed by atoms with Gasteiger partial charge in [-0.05, 0) is 48.4 Å². The first-order chi connectivity index (χ1) is 10.7. The molecule has 1 N–H and O–H groups in total. The summed E-state index contributed by atoms with van der Waals surface area (Å²) in [6, 6.07) is 9.14. The van der Waals surface area contributed by atoms with Gasteiger partial charge in [0.1, 0.15) is 0 Å². The molecule has 1 aromatic carbocycles. The first-order valence-electron chi connectivity index (χ1n) is 8.08. The molecule has 0 radical (unpaired) electrons. The van der Waals surface area contributed by atoms with Crippen LogP contribution < -0.4 is 5.32 Å². The molecule has 1 aliphatic rings. The minimum Gasteiger partial charge on any atom is -0.341 e. The molecule has 3 nitrogen and oxygen atoms in total. The molecule has 2 aromatic rings. The van der Waals surface area contributed by atoms with E-state index in [9.17, 15) is 4.79 Å². The minimum atomic E-state index is 0.228. The van der Waals surface area contributed by atoms with Crippen molar-refractivity contribution in [2.24, 2.45) is 0 Å². The predicted molar refractivity (Wildman–Crippen MR) is 93.4 cm³/mol. The lowest BCUT2D eigenvalue weighted by atomic mass is 9.89. The Morgan fingerprint density at radius 1 is 1.32 bits per heavy atom. The van der Waals surface area contributed by atoms with Gasteiger partial charge in [0.2, 0.25) is 5.91 Å². The van der Waals surface area contributed by atoms with Crippen LogP contribution in [0.2, 0.25) is 0 Å². The van der Waals surface area contributed by atoms with E-state index in [4.69, 9.17) is 0 Å². The number of nitrogens with zero attached hydrogens (tertiary/aromatic N) is 1. The van der Waals surface area contributed by atoms with E-state index in [0.717, 1.165) is 12.0 Å². The van der Waals surface area contributed by atoms with Crippen molar-refractivity contribution in [2.75, 3.05) is 14.1 Å². The number of hydrogen-bond donors (Lipinski definition) is 1. The van der Waals surface area contributed by atoms with Crippen LogP contribution in [0.1, 0.15) is 31.2 Å². The zero-order chi connectivity index (χ0) is 15.5. The van der Waals surface area contributed by atoms with Crippen LogP contribution in [0.4, 0.5) is 0 Å². The number of likely N-dealkylation sites (N-methyl/N-ethyl adjacent to an activating group) is 2. The third-order valence-corrected chi connectivity index (χ3v) is 5.80. The molecule has 1 aliphatic carbocycles. The van der Waals surface area contributed by atoms with Crippen LogP contribution >= 0.6 is 11.3 Å². The fourth-order valence-electron chi connectivity index (χ4n) is 3.60. The number of fused-ring (bicyclic) bond motifs is 1. The Labute approximate surface area is 136 Å². The topological polar surface area (TPSA) is 32.3 Å². The third kappa shape index (κ3) is 3.03. The normalized spacial score (nSPS) is 21.9. The van der Waals surface area contributed by atoms with Gasteiger partial charge in [-0.1, -0.05) is 25.0 Å². The molecule has 2 unspecified atom stereocenters. The van der Waals surface area contributed by atoms with Crippen LogP contribution in [0.5, 0.6) is 0 Å². The first-order valence-corrected chi connectivity index (χ1v) is 8.96. The molecule has 0 saturated heterocycles. The summed E-state index contributed by atoms with van der Waals surface area (Å²) in [7, 11) is 3.98. The maximum Gasteiger partial charge on any atom is 0.227 e. The summed E-state index contributed by atoms with van der Waals surface area (Å²) in [5.74, 6) is 0.228. The van der Waals surface area contributed by atoms with Crippen molar-refractivity contribution in [3.63, 3.8) is 0 Å². The molecule has 4 heteroatoms. The van der Waals surface area contributed by atoms with Crippen LogP contribution in [0.3, 0.4) is 0 Å². The lowest BCUT2D eigenvalue weighted by molar-refractivity contribution is -0.132. The summed E-state index contributed by atoms with van der Waals surface area (Å²) < 4.78 is 1.26. The van der Waals surface area contributed by atoms with Crippen LogP contribution in [0.15, 0.2) is 29.6 Å². The molecule has 1 aromatic heterocycles. The smallest absolute Gasteiger partial charge is 0.227 e. The van der Waals surface area contributed by atoms with Gasteiger partial charge in [0.05, 0.1) is 6.42 Å². The molecule has 0 aliphatic heterocycles. The number of thiophene rings is 1. The summed E-state index contributed by atoms with van der Waals surface area (Å²) in [6.45, 7) is 0. The second-order valence-electron chi connectivity index (χ2n) is 6.18. The average Bonchev–Trinajstić information content (AvgIpc) is 3.03. The molecule has 0 spiro atoms. The molecule has 3 rings (SSSR count). The van der Waals surface area contributed by atoms with E-state index in [1.54, 1.807) is 11.3 Å². The lowest BCUT2D eigenvalue weighted by Crippen LogP contribution is -2.51. The van der Waals surface area contributed by atoms with Gasteiger partial charge in [-0.15, -0.1) is 11.3 Å². The van der Waals surface area contributed by atoms with Crippen molar-refractivity contribution in [3.8, 4) is 0 Å². The molecule has 1 saturated carbocycles. The van der Waals surface area contributed by atoms with Crippen LogP contribution in [-0.2, 0) is 11.2 Å². The first kappa shape index (κ1) is 15.5. The number of amides is 1. The lowest BCUT2D eigenvalue weighted by Gasteiger charge is -2.38. The maximum atomic E-state index is 12.7. The standard InChI is InChI=1S/C18H24N2OS/c1-19-15-7-3-4-8-16(15)20(2)18(21)12-13-6-5-9-17-14(13)10-11-22-17/h5-6,9-11,15-16,19H,3-4,7-8,12H2,1-2H3. The molecule has 2 atom stereocenters. The van der Waals surface area contributed by atoms with Crippen LogP contribution in [-0.4, -0.2) is 37.0 Å². The molecule has 1 amide bonds. The van der Waals surface area contributed by atoms with Crippen molar-refractivity contribution < 1.29 is 4.79 Å². The van der Waals surface area contributed by atoms with Crippen molar-refractivity contribution >= 4 is 27.3 Å². The van der Waals surface area contributed by atoms with Gasteiger partial charge < -0.3 is 10.2 Å². The summed E-state index contributed by atoms with van der Waals surface area (Å²) >= 11 is 1.73. The van der Waals surface area contributed by atoms with Crippen LogP contribution in [0.25, 0.3) is 10.1 Å². The molecular weight excluding hydrogens is 292 g/mol. The summed E-state index contributed by atoms with van der Waals surface area (Å²) in [5, 5.41) is 6.71. The van der Waals surface area contributed by atoms with Gasteiger partial charge in [0.25, 0.3) is 0 Å². The molecular formula is C18H24N2OS. The second-order valence-corrected chi connectivity index (χ2v) is 7.13. The highest BCUT2D eigenvalue weighted by molar-refractivity contribution is 7.17. The minimum absolute atomic E-state index is 0.228. The molecule has 118 valence electrons. The Morgan fingerprint density at radius 2 is 2.14 bits per heavy atom. The number of carbonyl (C=O) groups is 1. The SMILES string of the molecule is CNC1CCCCC1N(C)C(=O)Cc1cccc2sccc12. The van der Waals surface area contributed by atoms with E-state index >= 15 is 0 Å². The third-order valence-electron chi connectivity index (χ3n) is 4.92. The average molecular weight is 316 g/mol. The van der Waals surface area contributed by atoms with Gasteiger partial charge in [-0.2, -0.15) is 0 Å². The molecule has 0 bridgehead atoms. The largest absolute Gasteiger partial charge is 0.341 e. The van der Waals surface area contributed by atoms with E-state index in [-0.39, 0.29) is 5.91 Å². The summed E-state index contributed by atoms with van der Waals surface area (Å²) in [5.41, 5.74) is 1.15. The van der Waals surface area contributed by atoms with Gasteiger partial charge in [0.15, 0.2) is 0 Å². The van der Waals surface area contributed by atoms with Crippen LogP contribution in [0, 0.1) is 0 Å². The highest BCUT2D eigenvalue weighted by atomic mass is 32.1. The molecule has 1 fully saturated rings. The van der Waals surface area contributed by atoms with Crippen molar-refractivity contribution in [2.45, 2.75) is 44.2 Å². The fraction of sp³-hybridized carbons (Fsp3) is 0.500. The number of hydrogen-bond acceptors (Lipinski definition) is 3. The Morgan fingerprint density at radius 3 is 2.95 bits per heavy atom. The van der Waals surface area contributed by atoms with Crippen molar-refractivity contribution in [3.05, 3.63) is 35.2 Å². The number of nitrogens with one attached hydrogen (secondary N) is 1. The van der Waals surface area contributed by atoms with E-state index in [1.165, 1.54) is 29.3 Å². The molecule has 1 heterocycles. The Kier molecular flexibility index (Phi) is 4.79. The summed E-state index contributed by atoms with van der Waals surface area (Å²) in [4.78, 5) is 14.7. The van der Waals surface area contributed by atoms with E-state index < -0.39 is 0 Å². The van der Waals surface area contributed by atoms with E-state index in [1.807, 2.05) is 19.0 Å². The highest BCUT2D eigenvalue weighted by Gasteiger charge is 2.29. The zero-order valence-electron chi connectivity index (χ0n) is 13.3. The van der Waals surface area contributed by atoms with Crippen molar-refractivity contribution in [1.29, 1.82) is 0 Å². The Balaban J connectivity index is 1.74. The van der Waals surface area contributed by atoms with Crippen molar-refractivity contribution in [1.82, 2.24) is 10.2 Å². The number of carbonyl (C=O) groups excluding carboxylic acids is 1. The van der Waals surface area contributed by atoms with E-state index in [0.29, 0.717) is 18.5 Å². The Hall–Kier alpha value is -1.39. The van der Waals surface area contributed by atoms with Gasteiger partial charge in [-0.3, -0.25) is 4.79 Å². The number of benzene rings is 1. The Bertz CT molecular complexity index is 651. The monoisotopic (exact) mass is 316 g/mol. The second kappa shape index (κ2) is 6.80. The van der Waals surface area contributed by atoms with Gasteiger partial charge in [0, 0.05) is 23.8 Å². The maximum absolute atomic E-state index is 12.7. The van der Waals surface area contributed by atoms with E-state index in [2.05, 4.69) is 35.0 Å². The zero-order valence-corrected chi connectivity index (χ0v) is 14.2. The van der Waals surface area contributed by atoms with Gasteiger partial charge in [-0.25, -0.2) is 0 Å². The summed E-state index contributed by atoms with van der Waals surface area (Å²) in [6.07, 6.45) is 5.26. The highest BCUT2D eigenvalue weighted by Crippen LogP contribution is 2.26.